The van der Waals surface area contributed by atoms with Gasteiger partial charge >= 0.3 is 0 Å². The molecule has 1 saturated carbocycles. The molecule has 5 aliphatic rings. The van der Waals surface area contributed by atoms with Crippen LogP contribution >= 0.6 is 0 Å². The van der Waals surface area contributed by atoms with E-state index in [4.69, 9.17) is 18.9 Å². The van der Waals surface area contributed by atoms with E-state index in [1.165, 1.54) is 49.1 Å². The summed E-state index contributed by atoms with van der Waals surface area (Å²) in [5, 5.41) is 16.1. The van der Waals surface area contributed by atoms with Crippen molar-refractivity contribution in [1.82, 2.24) is 19.6 Å². The van der Waals surface area contributed by atoms with Crippen LogP contribution in [-0.2, 0) is 19.5 Å². The van der Waals surface area contributed by atoms with Crippen LogP contribution in [0.4, 0.5) is 17.1 Å². The second kappa shape index (κ2) is 16.2. The first-order chi connectivity index (χ1) is 30.0. The highest BCUT2D eigenvalue weighted by molar-refractivity contribution is 7.90. The fourth-order valence-electron chi connectivity index (χ4n) is 10.1. The van der Waals surface area contributed by atoms with Gasteiger partial charge in [0.1, 0.15) is 29.9 Å². The van der Waals surface area contributed by atoms with E-state index in [0.717, 1.165) is 49.6 Å². The zero-order chi connectivity index (χ0) is 42.6. The summed E-state index contributed by atoms with van der Waals surface area (Å²) in [4.78, 5) is 37.6. The van der Waals surface area contributed by atoms with Crippen LogP contribution in [0, 0.1) is 22.5 Å². The summed E-state index contributed by atoms with van der Waals surface area (Å²) >= 11 is 0. The van der Waals surface area contributed by atoms with Gasteiger partial charge in [-0.1, -0.05) is 24.3 Å². The highest BCUT2D eigenvalue weighted by Crippen LogP contribution is 2.54. The van der Waals surface area contributed by atoms with E-state index in [-0.39, 0.29) is 36.0 Å². The number of carbonyl (C=O) groups excluding carboxylic acids is 1. The van der Waals surface area contributed by atoms with Gasteiger partial charge in [0.05, 0.1) is 47.4 Å². The van der Waals surface area contributed by atoms with E-state index < -0.39 is 43.6 Å². The Morgan fingerprint density at radius 2 is 1.87 bits per heavy atom. The number of aryl methyl sites for hydroxylation is 1. The second-order valence-electron chi connectivity index (χ2n) is 17.2. The number of fused-ring (bicyclic) bond motifs is 2. The first kappa shape index (κ1) is 40.3. The van der Waals surface area contributed by atoms with Crippen molar-refractivity contribution in [3.63, 3.8) is 0 Å². The Hall–Kier alpha value is -5.75. The van der Waals surface area contributed by atoms with E-state index in [0.29, 0.717) is 42.1 Å². The number of aromatic amines is 1. The predicted molar refractivity (Wildman–Crippen MR) is 231 cm³/mol. The number of pyridine rings is 1. The van der Waals surface area contributed by atoms with Crippen LogP contribution in [-0.4, -0.2) is 98.4 Å². The Kier molecular flexibility index (Phi) is 10.5. The molecule has 3 atom stereocenters. The molecule has 1 amide bonds. The van der Waals surface area contributed by atoms with Crippen LogP contribution in [0.5, 0.6) is 17.2 Å². The lowest BCUT2D eigenvalue weighted by Gasteiger charge is -2.56. The van der Waals surface area contributed by atoms with E-state index in [9.17, 15) is 23.3 Å². The van der Waals surface area contributed by atoms with Crippen LogP contribution in [0.3, 0.4) is 0 Å². The number of nitro groups is 1. The van der Waals surface area contributed by atoms with E-state index >= 15 is 0 Å². The van der Waals surface area contributed by atoms with Crippen molar-refractivity contribution in [3.05, 3.63) is 106 Å². The molecule has 16 nitrogen and oxygen atoms in total. The number of likely N-dealkylation sites (tertiary alicyclic amines) is 1. The number of benzene rings is 3. The van der Waals surface area contributed by atoms with Gasteiger partial charge in [0, 0.05) is 60.6 Å². The zero-order valence-corrected chi connectivity index (χ0v) is 35.2. The van der Waals surface area contributed by atoms with Gasteiger partial charge in [-0.15, -0.1) is 0 Å². The summed E-state index contributed by atoms with van der Waals surface area (Å²) in [7, 11) is -4.66. The van der Waals surface area contributed by atoms with Crippen molar-refractivity contribution in [1.29, 1.82) is 0 Å². The fourth-order valence-corrected chi connectivity index (χ4v) is 11.1. The molecule has 10 rings (SSSR count). The third-order valence-electron chi connectivity index (χ3n) is 13.5. The Morgan fingerprint density at radius 1 is 1.03 bits per heavy atom. The monoisotopic (exact) mass is 863 g/mol. The summed E-state index contributed by atoms with van der Waals surface area (Å²) in [5.74, 6) is -0.519. The molecule has 324 valence electrons. The van der Waals surface area contributed by atoms with Crippen molar-refractivity contribution in [3.8, 4) is 17.2 Å². The molecule has 4 fully saturated rings. The number of nitrogens with zero attached hydrogens (tertiary/aromatic N) is 4. The fraction of sp³-hybridized carbons (Fsp3) is 0.422. The molecular formula is C45H49N7O9S. The number of aromatic nitrogens is 2. The van der Waals surface area contributed by atoms with E-state index in [1.54, 1.807) is 30.5 Å². The minimum absolute atomic E-state index is 0.0177. The number of hydrogen-bond acceptors (Lipinski definition) is 13. The minimum Gasteiger partial charge on any atom is -0.489 e. The number of anilines is 2. The maximum atomic E-state index is 14.0. The van der Waals surface area contributed by atoms with Gasteiger partial charge in [-0.25, -0.2) is 18.1 Å². The molecular weight excluding hydrogens is 815 g/mol. The van der Waals surface area contributed by atoms with Crippen molar-refractivity contribution in [2.45, 2.75) is 74.6 Å². The number of rotatable bonds is 10. The van der Waals surface area contributed by atoms with Gasteiger partial charge in [-0.3, -0.25) is 19.8 Å². The molecule has 0 bridgehead atoms. The number of amides is 1. The maximum Gasteiger partial charge on any atom is 0.297 e. The van der Waals surface area contributed by atoms with E-state index in [2.05, 4.69) is 61.0 Å². The third-order valence-corrected chi connectivity index (χ3v) is 14.8. The average molecular weight is 864 g/mol. The number of carbonyl (C=O) groups is 1. The molecule has 3 aromatic carbocycles. The summed E-state index contributed by atoms with van der Waals surface area (Å²) in [6.45, 7) is 6.18. The molecule has 1 spiro atoms. The van der Waals surface area contributed by atoms with Crippen LogP contribution in [0.1, 0.15) is 66.1 Å². The van der Waals surface area contributed by atoms with Gasteiger partial charge in [-0.05, 0) is 92.8 Å². The lowest BCUT2D eigenvalue weighted by molar-refractivity contribution is -0.384. The van der Waals surface area contributed by atoms with Gasteiger partial charge in [0.2, 0.25) is 0 Å². The van der Waals surface area contributed by atoms with Gasteiger partial charge in [-0.2, -0.15) is 0 Å². The molecule has 6 heterocycles. The van der Waals surface area contributed by atoms with Crippen LogP contribution in [0.25, 0.3) is 11.0 Å². The second-order valence-corrected chi connectivity index (χ2v) is 18.9. The Labute approximate surface area is 359 Å². The number of ether oxygens (including phenoxy) is 4. The maximum absolute atomic E-state index is 14.0. The quantitative estimate of drug-likeness (QED) is 0.0976. The number of nitrogens with one attached hydrogen (secondary N) is 3. The number of nitro benzene ring substituents is 1. The SMILES string of the molecule is Cc1ccccc1[C@@H]1CCCN1C1CC2(CCN(c3ccc(C(=O)NS(=O)(=O)c4cc5c(c([N+](=O)[O-])c4)N[C@H]([C@H]4COCCO4)CO5)c(Oc4cnc5[nH]ccc5c4)c3)CC2)C1. The molecule has 62 heavy (non-hydrogen) atoms. The lowest BCUT2D eigenvalue weighted by Crippen LogP contribution is -2.54. The Morgan fingerprint density at radius 3 is 2.66 bits per heavy atom. The van der Waals surface area contributed by atoms with Gasteiger partial charge in [0.15, 0.2) is 11.4 Å². The molecule has 0 unspecified atom stereocenters. The Bertz CT molecular complexity index is 2630. The Balaban J connectivity index is 0.866. The highest BCUT2D eigenvalue weighted by atomic mass is 32.2. The van der Waals surface area contributed by atoms with Gasteiger partial charge < -0.3 is 34.1 Å². The molecule has 5 aromatic rings. The largest absolute Gasteiger partial charge is 0.489 e. The van der Waals surface area contributed by atoms with Crippen molar-refractivity contribution in [2.75, 3.05) is 56.3 Å². The number of piperidine rings is 1. The van der Waals surface area contributed by atoms with Crippen molar-refractivity contribution >= 4 is 44.0 Å². The first-order valence-corrected chi connectivity index (χ1v) is 22.8. The lowest BCUT2D eigenvalue weighted by atomic mass is 9.59. The third kappa shape index (κ3) is 7.71. The van der Waals surface area contributed by atoms with Crippen LogP contribution in [0.2, 0.25) is 0 Å². The summed E-state index contributed by atoms with van der Waals surface area (Å²) < 4.78 is 53.3. The molecule has 1 aliphatic carbocycles. The standard InChI is InChI=1S/C45H49N7O9S/c1-28-5-2-3-6-34(28)37-7-4-14-51(37)31-23-45(24-31)11-15-50(16-12-45)30-8-9-35(39(20-30)61-32-19-29-10-13-46-43(29)47-25-32)44(53)49-62(56,57)33-21-38(52(54)55)42-40(22-33)60-26-36(48-42)41-27-58-17-18-59-41/h2-3,5-6,8-10,13,19-22,25,31,36-37,41,48H,4,7,11-12,14-18,23-24,26-27H2,1H3,(H,46,47)(H,49,53)/t36-,37-,41+/m0/s1. The zero-order valence-electron chi connectivity index (χ0n) is 34.4. The molecule has 2 aromatic heterocycles. The topological polar surface area (TPSA) is 190 Å². The molecule has 4 aliphatic heterocycles. The normalized spacial score (nSPS) is 22.7. The number of hydrogen-bond donors (Lipinski definition) is 3. The first-order valence-electron chi connectivity index (χ1n) is 21.3. The molecule has 3 saturated heterocycles. The smallest absolute Gasteiger partial charge is 0.297 e. The van der Waals surface area contributed by atoms with Crippen molar-refractivity contribution < 1.29 is 37.1 Å². The summed E-state index contributed by atoms with van der Waals surface area (Å²) in [6, 6.07) is 20.2. The van der Waals surface area contributed by atoms with Crippen LogP contribution in [0.15, 0.2) is 84.0 Å². The van der Waals surface area contributed by atoms with Crippen molar-refractivity contribution in [2.24, 2.45) is 5.41 Å². The number of sulfonamides is 1. The predicted octanol–water partition coefficient (Wildman–Crippen LogP) is 6.86. The summed E-state index contributed by atoms with van der Waals surface area (Å²) in [5.41, 5.74) is 4.09. The minimum atomic E-state index is -4.66. The molecule has 0 radical (unpaired) electrons. The summed E-state index contributed by atoms with van der Waals surface area (Å²) in [6.07, 6.45) is 9.80. The average Bonchev–Trinajstić information content (AvgIpc) is 3.95. The van der Waals surface area contributed by atoms with Crippen LogP contribution < -0.4 is 24.4 Å². The van der Waals surface area contributed by atoms with Gasteiger partial charge in [0.25, 0.3) is 21.6 Å². The number of H-pyrrole nitrogens is 1. The molecule has 3 N–H and O–H groups in total. The highest BCUT2D eigenvalue weighted by Gasteiger charge is 2.50. The molecule has 17 heteroatoms. The van der Waals surface area contributed by atoms with E-state index in [1.807, 2.05) is 6.07 Å².